The summed E-state index contributed by atoms with van der Waals surface area (Å²) in [5.41, 5.74) is 0.962. The van der Waals surface area contributed by atoms with Gasteiger partial charge in [0.25, 0.3) is 5.91 Å². The minimum absolute atomic E-state index is 0.0128. The smallest absolute Gasteiger partial charge is 0.329 e. The van der Waals surface area contributed by atoms with Crippen molar-refractivity contribution in [3.8, 4) is 5.75 Å². The Kier molecular flexibility index (Phi) is 8.00. The van der Waals surface area contributed by atoms with Crippen molar-refractivity contribution >= 4 is 17.8 Å². The lowest BCUT2D eigenvalue weighted by molar-refractivity contribution is -0.156. The standard InChI is InChI=1S/C24H27FN2O6/c1-15(18-8-4-6-10-21(18)32-2)26-22(29)14-33-24(31)20-12-17(28)13-27(20)23(30)11-16-7-3-5-9-19(16)25/h3-10,15,17,20,28H,11-14H2,1-2H3,(H,26,29). The van der Waals surface area contributed by atoms with Crippen molar-refractivity contribution in [3.05, 3.63) is 65.5 Å². The van der Waals surface area contributed by atoms with E-state index >= 15 is 0 Å². The van der Waals surface area contributed by atoms with Crippen LogP contribution in [0.25, 0.3) is 0 Å². The lowest BCUT2D eigenvalue weighted by atomic mass is 10.1. The maximum absolute atomic E-state index is 13.9. The van der Waals surface area contributed by atoms with E-state index in [9.17, 15) is 23.9 Å². The molecule has 2 aromatic rings. The Balaban J connectivity index is 1.56. The average molecular weight is 458 g/mol. The zero-order valence-electron chi connectivity index (χ0n) is 18.5. The number of hydrogen-bond acceptors (Lipinski definition) is 6. The van der Waals surface area contributed by atoms with E-state index in [1.54, 1.807) is 19.1 Å². The summed E-state index contributed by atoms with van der Waals surface area (Å²) in [4.78, 5) is 38.7. The van der Waals surface area contributed by atoms with Crippen molar-refractivity contribution in [1.29, 1.82) is 0 Å². The third kappa shape index (κ3) is 6.07. The molecule has 1 aliphatic rings. The number of esters is 1. The molecule has 8 nitrogen and oxygen atoms in total. The number of ether oxygens (including phenoxy) is 2. The van der Waals surface area contributed by atoms with Crippen LogP contribution < -0.4 is 10.1 Å². The highest BCUT2D eigenvalue weighted by Crippen LogP contribution is 2.24. The number of likely N-dealkylation sites (tertiary alicyclic amines) is 1. The maximum Gasteiger partial charge on any atom is 0.329 e. The fraction of sp³-hybridized carbons (Fsp3) is 0.375. The molecule has 0 aromatic heterocycles. The van der Waals surface area contributed by atoms with Crippen LogP contribution in [-0.2, 0) is 25.5 Å². The number of nitrogens with zero attached hydrogens (tertiary/aromatic N) is 1. The van der Waals surface area contributed by atoms with Gasteiger partial charge >= 0.3 is 5.97 Å². The molecule has 3 unspecified atom stereocenters. The van der Waals surface area contributed by atoms with Crippen LogP contribution >= 0.6 is 0 Å². The second-order valence-corrected chi connectivity index (χ2v) is 7.86. The molecule has 9 heteroatoms. The van der Waals surface area contributed by atoms with Gasteiger partial charge in [0.05, 0.1) is 25.7 Å². The molecule has 1 heterocycles. The number of aliphatic hydroxyl groups is 1. The van der Waals surface area contributed by atoms with Crippen LogP contribution in [0.4, 0.5) is 4.39 Å². The molecule has 2 N–H and O–H groups in total. The predicted molar refractivity (Wildman–Crippen MR) is 117 cm³/mol. The fourth-order valence-electron chi connectivity index (χ4n) is 3.84. The number of para-hydroxylation sites is 1. The van der Waals surface area contributed by atoms with Crippen LogP contribution in [0.5, 0.6) is 5.75 Å². The monoisotopic (exact) mass is 458 g/mol. The number of aliphatic hydroxyl groups excluding tert-OH is 1. The number of rotatable bonds is 8. The molecule has 1 fully saturated rings. The molecule has 0 bridgehead atoms. The third-order valence-corrected chi connectivity index (χ3v) is 5.50. The normalized spacial score (nSPS) is 18.5. The highest BCUT2D eigenvalue weighted by molar-refractivity contribution is 5.88. The number of methoxy groups -OCH3 is 1. The van der Waals surface area contributed by atoms with Crippen LogP contribution in [0.2, 0.25) is 0 Å². The van der Waals surface area contributed by atoms with Crippen molar-refractivity contribution in [1.82, 2.24) is 10.2 Å². The van der Waals surface area contributed by atoms with E-state index in [2.05, 4.69) is 5.32 Å². The van der Waals surface area contributed by atoms with Crippen LogP contribution in [0.1, 0.15) is 30.5 Å². The van der Waals surface area contributed by atoms with Gasteiger partial charge in [0.1, 0.15) is 17.6 Å². The molecule has 3 rings (SSSR count). The molecule has 2 aromatic carbocycles. The average Bonchev–Trinajstić information content (AvgIpc) is 3.20. The van der Waals surface area contributed by atoms with Crippen molar-refractivity contribution in [2.45, 2.75) is 38.0 Å². The minimum Gasteiger partial charge on any atom is -0.496 e. The first-order chi connectivity index (χ1) is 15.8. The van der Waals surface area contributed by atoms with E-state index < -0.39 is 42.4 Å². The number of carbonyl (C=O) groups excluding carboxylic acids is 3. The van der Waals surface area contributed by atoms with Gasteiger partial charge in [0.15, 0.2) is 6.61 Å². The number of hydrogen-bond donors (Lipinski definition) is 2. The minimum atomic E-state index is -1.04. The van der Waals surface area contributed by atoms with E-state index in [0.717, 1.165) is 5.56 Å². The highest BCUT2D eigenvalue weighted by Gasteiger charge is 2.40. The third-order valence-electron chi connectivity index (χ3n) is 5.50. The molecule has 0 saturated carbocycles. The maximum atomic E-state index is 13.9. The van der Waals surface area contributed by atoms with Gasteiger partial charge in [0, 0.05) is 18.5 Å². The first-order valence-corrected chi connectivity index (χ1v) is 10.6. The van der Waals surface area contributed by atoms with E-state index in [-0.39, 0.29) is 31.0 Å². The summed E-state index contributed by atoms with van der Waals surface area (Å²) in [7, 11) is 1.53. The highest BCUT2D eigenvalue weighted by atomic mass is 19.1. The second kappa shape index (κ2) is 10.9. The Morgan fingerprint density at radius 3 is 2.61 bits per heavy atom. The predicted octanol–water partition coefficient (Wildman–Crippen LogP) is 1.76. The summed E-state index contributed by atoms with van der Waals surface area (Å²) < 4.78 is 24.3. The van der Waals surface area contributed by atoms with E-state index in [1.807, 2.05) is 18.2 Å². The van der Waals surface area contributed by atoms with Gasteiger partial charge in [-0.3, -0.25) is 9.59 Å². The Hall–Kier alpha value is -3.46. The molecule has 2 amide bonds. The molecule has 33 heavy (non-hydrogen) atoms. The van der Waals surface area contributed by atoms with Gasteiger partial charge in [-0.15, -0.1) is 0 Å². The first kappa shape index (κ1) is 24.2. The molecular weight excluding hydrogens is 431 g/mol. The van der Waals surface area contributed by atoms with E-state index in [4.69, 9.17) is 9.47 Å². The van der Waals surface area contributed by atoms with E-state index in [0.29, 0.717) is 5.75 Å². The summed E-state index contributed by atoms with van der Waals surface area (Å²) in [6.07, 6.45) is -1.17. The lowest BCUT2D eigenvalue weighted by Gasteiger charge is -2.23. The van der Waals surface area contributed by atoms with Gasteiger partial charge in [-0.25, -0.2) is 9.18 Å². The van der Waals surface area contributed by atoms with Gasteiger partial charge in [-0.1, -0.05) is 36.4 Å². The lowest BCUT2D eigenvalue weighted by Crippen LogP contribution is -2.43. The van der Waals surface area contributed by atoms with Crippen molar-refractivity contribution in [2.24, 2.45) is 0 Å². The Labute approximate surface area is 191 Å². The quantitative estimate of drug-likeness (QED) is 0.584. The molecule has 3 atom stereocenters. The molecule has 176 valence electrons. The van der Waals surface area contributed by atoms with Crippen LogP contribution in [0.15, 0.2) is 48.5 Å². The van der Waals surface area contributed by atoms with Gasteiger partial charge < -0.3 is 24.8 Å². The summed E-state index contributed by atoms with van der Waals surface area (Å²) >= 11 is 0. The molecular formula is C24H27FN2O6. The molecule has 0 spiro atoms. The van der Waals surface area contributed by atoms with Crippen LogP contribution in [0.3, 0.4) is 0 Å². The summed E-state index contributed by atoms with van der Waals surface area (Å²) in [5, 5.41) is 12.7. The number of nitrogens with one attached hydrogen (secondary N) is 1. The first-order valence-electron chi connectivity index (χ1n) is 10.6. The summed E-state index contributed by atoms with van der Waals surface area (Å²) in [5.74, 6) is -1.73. The SMILES string of the molecule is COc1ccccc1C(C)NC(=O)COC(=O)C1CC(O)CN1C(=O)Cc1ccccc1F. The zero-order valence-corrected chi connectivity index (χ0v) is 18.5. The summed E-state index contributed by atoms with van der Waals surface area (Å²) in [6.45, 7) is 1.17. The number of halogens is 1. The Morgan fingerprint density at radius 2 is 1.88 bits per heavy atom. The fourth-order valence-corrected chi connectivity index (χ4v) is 3.84. The molecule has 0 aliphatic carbocycles. The van der Waals surface area contributed by atoms with Gasteiger partial charge in [-0.05, 0) is 24.6 Å². The zero-order chi connectivity index (χ0) is 24.0. The van der Waals surface area contributed by atoms with Crippen molar-refractivity contribution in [2.75, 3.05) is 20.3 Å². The Morgan fingerprint density at radius 1 is 1.18 bits per heavy atom. The second-order valence-electron chi connectivity index (χ2n) is 7.86. The van der Waals surface area contributed by atoms with Gasteiger partial charge in [0.2, 0.25) is 5.91 Å². The van der Waals surface area contributed by atoms with Crippen LogP contribution in [0, 0.1) is 5.82 Å². The number of β-amino-alcohol motifs (C(OH)–C–C–N with tert-alkyl or cyclic N) is 1. The number of carbonyl (C=O) groups is 3. The topological polar surface area (TPSA) is 105 Å². The summed E-state index contributed by atoms with van der Waals surface area (Å²) in [6, 6.07) is 11.7. The molecule has 1 saturated heterocycles. The molecule has 0 radical (unpaired) electrons. The number of amides is 2. The molecule has 1 aliphatic heterocycles. The largest absolute Gasteiger partial charge is 0.496 e. The number of benzene rings is 2. The van der Waals surface area contributed by atoms with Crippen LogP contribution in [-0.4, -0.2) is 60.2 Å². The van der Waals surface area contributed by atoms with Crippen molar-refractivity contribution < 1.29 is 33.4 Å². The van der Waals surface area contributed by atoms with E-state index in [1.165, 1.54) is 30.2 Å². The van der Waals surface area contributed by atoms with Gasteiger partial charge in [-0.2, -0.15) is 0 Å². The van der Waals surface area contributed by atoms with Crippen molar-refractivity contribution in [3.63, 3.8) is 0 Å². The Bertz CT molecular complexity index is 1010.